The molecule has 1 aromatic heterocycles. The van der Waals surface area contributed by atoms with Crippen molar-refractivity contribution in [2.75, 3.05) is 6.54 Å². The number of carboxylic acid groups (broad SMARTS) is 4. The zero-order valence-corrected chi connectivity index (χ0v) is 17.9. The summed E-state index contributed by atoms with van der Waals surface area (Å²) in [7, 11) is 0. The summed E-state index contributed by atoms with van der Waals surface area (Å²) in [5, 5.41) is 39.8. The lowest BCUT2D eigenvalue weighted by Crippen LogP contribution is -2.71. The van der Waals surface area contributed by atoms with Crippen molar-refractivity contribution < 1.29 is 50.7 Å². The number of thiazole rings is 1. The average molecular weight is 465 g/mol. The van der Waals surface area contributed by atoms with E-state index in [-0.39, 0.29) is 0 Å². The van der Waals surface area contributed by atoms with Gasteiger partial charge in [-0.05, 0) is 30.7 Å². The Bertz CT molecular complexity index is 903. The highest BCUT2D eigenvalue weighted by Gasteiger charge is 2.06. The minimum absolute atomic E-state index is 0.447. The maximum absolute atomic E-state index is 9.53. The van der Waals surface area contributed by atoms with Gasteiger partial charge in [-0.15, -0.1) is 0 Å². The maximum Gasteiger partial charge on any atom is 0.328 e. The van der Waals surface area contributed by atoms with Crippen molar-refractivity contribution in [1.82, 2.24) is 4.98 Å². The van der Waals surface area contributed by atoms with E-state index < -0.39 is 23.9 Å². The first kappa shape index (κ1) is 28.1. The monoisotopic (exact) mass is 465 g/mol. The number of aliphatic carboxylic acids is 4. The second-order valence-corrected chi connectivity index (χ2v) is 6.71. The Morgan fingerprint density at radius 3 is 2.03 bits per heavy atom. The van der Waals surface area contributed by atoms with Gasteiger partial charge >= 0.3 is 11.9 Å². The molecule has 0 saturated heterocycles. The molecule has 0 bridgehead atoms. The molecule has 0 aliphatic carbocycles. The number of carbonyl (C=O) groups excluding carboxylic acids is 2. The third-order valence-electron chi connectivity index (χ3n) is 3.06. The Hall–Kier alpha value is -3.87. The first-order valence-electron chi connectivity index (χ1n) is 8.92. The van der Waals surface area contributed by atoms with Crippen LogP contribution in [0.25, 0.3) is 0 Å². The average Bonchev–Trinajstić information content (AvgIpc) is 3.13. The standard InChI is InChI=1S/C12H15N3S.2C4H4O4/c1-9-3-2-4-10(7-9)14-12-15-11(5-6-13)8-16-12;2*5-3(6)1-2-4(7)8/h2-4,7-8H,5-6,13H2,1H3,(H,14,15);2*1-2H,(H,5,6)(H,7,8)/b;2*2-1-. The summed E-state index contributed by atoms with van der Waals surface area (Å²) in [4.78, 5) is 42.5. The number of rotatable bonds is 8. The molecule has 32 heavy (non-hydrogen) atoms. The van der Waals surface area contributed by atoms with Gasteiger partial charge in [-0.25, -0.2) is 9.59 Å². The van der Waals surface area contributed by atoms with Gasteiger partial charge in [-0.3, -0.25) is 5.32 Å². The molecule has 2 aromatic rings. The fourth-order valence-corrected chi connectivity index (χ4v) is 2.67. The van der Waals surface area contributed by atoms with Crippen LogP contribution in [0.15, 0.2) is 53.9 Å². The van der Waals surface area contributed by atoms with Gasteiger partial charge in [0.15, 0.2) is 0 Å². The number of hydrogen-bond acceptors (Lipinski definition) is 8. The van der Waals surface area contributed by atoms with E-state index in [0.29, 0.717) is 24.3 Å². The lowest BCUT2D eigenvalue weighted by atomic mass is 10.2. The molecule has 0 spiro atoms. The van der Waals surface area contributed by atoms with Crippen molar-refractivity contribution >= 4 is 46.0 Å². The molecule has 12 heteroatoms. The van der Waals surface area contributed by atoms with Crippen LogP contribution in [0.2, 0.25) is 0 Å². The Balaban J connectivity index is 0.000000510. The molecule has 0 fully saturated rings. The molecule has 0 atom stereocenters. The van der Waals surface area contributed by atoms with Gasteiger partial charge in [0.1, 0.15) is 5.69 Å². The third kappa shape index (κ3) is 16.0. The van der Waals surface area contributed by atoms with Crippen LogP contribution in [0.5, 0.6) is 0 Å². The fraction of sp³-hybridized carbons (Fsp3) is 0.150. The number of hydrogen-bond donors (Lipinski definition) is 4. The fourth-order valence-electron chi connectivity index (χ4n) is 1.87. The van der Waals surface area contributed by atoms with Crippen LogP contribution in [-0.4, -0.2) is 45.6 Å². The summed E-state index contributed by atoms with van der Waals surface area (Å²) in [6.45, 7) is 3.01. The van der Waals surface area contributed by atoms with Gasteiger partial charge in [-0.1, -0.05) is 23.5 Å². The quantitative estimate of drug-likeness (QED) is 0.239. The minimum atomic E-state index is -1.51. The molecule has 0 unspecified atom stereocenters. The van der Waals surface area contributed by atoms with Gasteiger partial charge in [0.2, 0.25) is 0 Å². The van der Waals surface area contributed by atoms with Gasteiger partial charge < -0.3 is 35.7 Å². The molecule has 172 valence electrons. The second kappa shape index (κ2) is 15.9. The minimum Gasteiger partial charge on any atom is -0.545 e. The van der Waals surface area contributed by atoms with Crippen LogP contribution in [0.1, 0.15) is 11.3 Å². The molecular weight excluding hydrogens is 442 g/mol. The molecule has 0 amide bonds. The Labute approximate surface area is 187 Å². The van der Waals surface area contributed by atoms with E-state index in [9.17, 15) is 29.4 Å². The highest BCUT2D eigenvalue weighted by Crippen LogP contribution is 2.13. The van der Waals surface area contributed by atoms with Crippen LogP contribution in [0, 0.1) is 6.92 Å². The summed E-state index contributed by atoms with van der Waals surface area (Å²) in [5.74, 6) is -5.61. The highest BCUT2D eigenvalue weighted by atomic mass is 32.1. The van der Waals surface area contributed by atoms with E-state index in [1.54, 1.807) is 11.3 Å². The van der Waals surface area contributed by atoms with Gasteiger partial charge in [0.25, 0.3) is 5.13 Å². The second-order valence-electron chi connectivity index (χ2n) is 5.82. The third-order valence-corrected chi connectivity index (χ3v) is 3.90. The summed E-state index contributed by atoms with van der Waals surface area (Å²) < 4.78 is 0. The van der Waals surface area contributed by atoms with Crippen molar-refractivity contribution in [1.29, 1.82) is 0 Å². The number of benzene rings is 1. The summed E-state index contributed by atoms with van der Waals surface area (Å²) in [6, 6.07) is 8.46. The van der Waals surface area contributed by atoms with Crippen LogP contribution >= 0.6 is 11.3 Å². The molecule has 0 aliphatic heterocycles. The molecule has 0 aliphatic rings. The van der Waals surface area contributed by atoms with Crippen LogP contribution in [0.4, 0.5) is 10.8 Å². The molecule has 1 aromatic carbocycles. The van der Waals surface area contributed by atoms with E-state index in [2.05, 4.69) is 52.6 Å². The predicted molar refractivity (Wildman–Crippen MR) is 110 cm³/mol. The van der Waals surface area contributed by atoms with E-state index in [4.69, 9.17) is 10.2 Å². The zero-order chi connectivity index (χ0) is 24.5. The molecule has 0 radical (unpaired) electrons. The van der Waals surface area contributed by atoms with Gasteiger partial charge in [0, 0.05) is 30.0 Å². The van der Waals surface area contributed by atoms with Gasteiger partial charge in [0.05, 0.1) is 24.2 Å². The lowest BCUT2D eigenvalue weighted by Gasteiger charge is -1.96. The topological polar surface area (TPSA) is 212 Å². The number of nitrogens with two attached hydrogens (primary N) is 1. The number of carboxylic acids is 4. The number of aromatic nitrogens is 1. The molecule has 0 saturated carbocycles. The normalized spacial score (nSPS) is 10.1. The van der Waals surface area contributed by atoms with Crippen LogP contribution < -0.4 is 21.3 Å². The maximum atomic E-state index is 9.53. The summed E-state index contributed by atoms with van der Waals surface area (Å²) in [6.07, 6.45) is 2.85. The SMILES string of the molecule is Cc1cccc([NH2+]c2nc(CC[NH3+])cs2)c1.O=C([O-])/C=C\C(=O)O.O=C([O-])/C=C\C(=O)O. The lowest BCUT2D eigenvalue weighted by molar-refractivity contribution is -0.478. The van der Waals surface area contributed by atoms with E-state index in [1.165, 1.54) is 11.3 Å². The number of aryl methyl sites for hydroxylation is 1. The smallest absolute Gasteiger partial charge is 0.328 e. The number of quaternary nitrogens is 2. The van der Waals surface area contributed by atoms with Crippen molar-refractivity contribution in [2.45, 2.75) is 13.3 Å². The largest absolute Gasteiger partial charge is 0.545 e. The van der Waals surface area contributed by atoms with Crippen LogP contribution in [-0.2, 0) is 25.6 Å². The molecule has 1 heterocycles. The molecular formula is C20H23N3O8S. The van der Waals surface area contributed by atoms with Crippen LogP contribution in [0.3, 0.4) is 0 Å². The van der Waals surface area contributed by atoms with Crippen molar-refractivity contribution in [3.63, 3.8) is 0 Å². The van der Waals surface area contributed by atoms with E-state index in [0.717, 1.165) is 23.8 Å². The molecule has 7 N–H and O–H groups in total. The Kier molecular flexibility index (Phi) is 14.0. The highest BCUT2D eigenvalue weighted by molar-refractivity contribution is 7.12. The Morgan fingerprint density at radius 2 is 1.62 bits per heavy atom. The van der Waals surface area contributed by atoms with Crippen molar-refractivity contribution in [3.8, 4) is 0 Å². The predicted octanol–water partition coefficient (Wildman–Crippen LogP) is -2.48. The van der Waals surface area contributed by atoms with Crippen molar-refractivity contribution in [3.05, 3.63) is 65.2 Å². The van der Waals surface area contributed by atoms with E-state index >= 15 is 0 Å². The summed E-state index contributed by atoms with van der Waals surface area (Å²) >= 11 is 1.70. The zero-order valence-electron chi connectivity index (χ0n) is 17.1. The molecule has 2 rings (SSSR count). The Morgan fingerprint density at radius 1 is 1.06 bits per heavy atom. The molecule has 11 nitrogen and oxygen atoms in total. The van der Waals surface area contributed by atoms with Crippen molar-refractivity contribution in [2.24, 2.45) is 0 Å². The van der Waals surface area contributed by atoms with Gasteiger partial charge in [-0.2, -0.15) is 4.98 Å². The van der Waals surface area contributed by atoms with E-state index in [1.807, 2.05) is 0 Å². The number of nitrogens with zero attached hydrogens (tertiary/aromatic N) is 1. The number of carbonyl (C=O) groups is 4. The summed E-state index contributed by atoms with van der Waals surface area (Å²) in [5.41, 5.74) is 7.49. The first-order valence-corrected chi connectivity index (χ1v) is 9.80. The first-order chi connectivity index (χ1) is 15.0.